The maximum Gasteiger partial charge on any atom is 0.192 e. The number of hydrogen-bond donors (Lipinski definition) is 0. The Kier molecular flexibility index (Phi) is 6.48. The van der Waals surface area contributed by atoms with Crippen molar-refractivity contribution in [1.82, 2.24) is 4.98 Å². The first-order chi connectivity index (χ1) is 11.2. The molecule has 0 aliphatic carbocycles. The normalized spacial score (nSPS) is 16.8. The van der Waals surface area contributed by atoms with Crippen LogP contribution in [0.2, 0.25) is 23.2 Å². The van der Waals surface area contributed by atoms with Gasteiger partial charge in [0.05, 0.1) is 25.5 Å². The molecule has 1 saturated heterocycles. The Bertz CT molecular complexity index is 579. The minimum atomic E-state index is -1.71. The number of morpholine rings is 1. The topological polar surface area (TPSA) is 34.6 Å². The molecule has 24 heavy (non-hydrogen) atoms. The Morgan fingerprint density at radius 2 is 1.96 bits per heavy atom. The number of aromatic nitrogens is 1. The Labute approximate surface area is 151 Å². The number of pyridine rings is 1. The third-order valence-corrected chi connectivity index (χ3v) is 9.49. The molecule has 6 heteroatoms. The summed E-state index contributed by atoms with van der Waals surface area (Å²) in [5, 5.41) is 0.926. The SMILES string of the molecule is CC(C)(C)[Si](C)(C)OC/C=C/c1cc(Cl)cc(N2CCOCC2)n1. The first kappa shape index (κ1) is 19.4. The zero-order chi connectivity index (χ0) is 17.8. The lowest BCUT2D eigenvalue weighted by atomic mass is 10.2. The molecule has 2 rings (SSSR count). The summed E-state index contributed by atoms with van der Waals surface area (Å²) in [5.74, 6) is 0.913. The highest BCUT2D eigenvalue weighted by molar-refractivity contribution is 6.74. The number of hydrogen-bond acceptors (Lipinski definition) is 4. The summed E-state index contributed by atoms with van der Waals surface area (Å²) in [6.45, 7) is 15.0. The third kappa shape index (κ3) is 5.31. The molecule has 134 valence electrons. The quantitative estimate of drug-likeness (QED) is 0.711. The summed E-state index contributed by atoms with van der Waals surface area (Å²) < 4.78 is 11.5. The standard InChI is InChI=1S/C18H29ClN2O2Si/c1-18(2,3)24(4,5)23-10-6-7-16-13-15(19)14-17(20-16)21-8-11-22-12-9-21/h6-7,13-14H,8-12H2,1-5H3/b7-6+. The zero-order valence-corrected chi connectivity index (χ0v) is 17.2. The number of halogens is 1. The van der Waals surface area contributed by atoms with Gasteiger partial charge in [-0.3, -0.25) is 0 Å². The molecular weight excluding hydrogens is 340 g/mol. The fourth-order valence-electron chi connectivity index (χ4n) is 2.18. The van der Waals surface area contributed by atoms with Crippen LogP contribution in [0.25, 0.3) is 6.08 Å². The molecule has 1 fully saturated rings. The molecule has 0 spiro atoms. The predicted octanol–water partition coefficient (Wildman–Crippen LogP) is 4.61. The molecule has 1 aromatic heterocycles. The van der Waals surface area contributed by atoms with E-state index in [2.05, 4.69) is 38.8 Å². The molecule has 0 amide bonds. The predicted molar refractivity (Wildman–Crippen MR) is 104 cm³/mol. The van der Waals surface area contributed by atoms with Gasteiger partial charge in [-0.1, -0.05) is 38.4 Å². The van der Waals surface area contributed by atoms with E-state index in [1.807, 2.05) is 24.3 Å². The smallest absolute Gasteiger partial charge is 0.192 e. The highest BCUT2D eigenvalue weighted by atomic mass is 35.5. The minimum Gasteiger partial charge on any atom is -0.413 e. The monoisotopic (exact) mass is 368 g/mol. The summed E-state index contributed by atoms with van der Waals surface area (Å²) >= 11 is 6.26. The molecule has 1 aliphatic rings. The van der Waals surface area contributed by atoms with Gasteiger partial charge < -0.3 is 14.1 Å². The van der Waals surface area contributed by atoms with Crippen LogP contribution in [-0.2, 0) is 9.16 Å². The van der Waals surface area contributed by atoms with Crippen molar-refractivity contribution >= 4 is 31.8 Å². The van der Waals surface area contributed by atoms with Crippen LogP contribution in [-0.4, -0.2) is 46.2 Å². The van der Waals surface area contributed by atoms with E-state index in [1.165, 1.54) is 0 Å². The van der Waals surface area contributed by atoms with Gasteiger partial charge in [0.2, 0.25) is 0 Å². The summed E-state index contributed by atoms with van der Waals surface area (Å²) in [4.78, 5) is 6.90. The van der Waals surface area contributed by atoms with Gasteiger partial charge in [0, 0.05) is 18.1 Å². The van der Waals surface area contributed by atoms with Crippen molar-refractivity contribution in [3.63, 3.8) is 0 Å². The fraction of sp³-hybridized carbons (Fsp3) is 0.611. The lowest BCUT2D eigenvalue weighted by molar-refractivity contribution is 0.122. The van der Waals surface area contributed by atoms with Crippen LogP contribution in [0.3, 0.4) is 0 Å². The van der Waals surface area contributed by atoms with Crippen LogP contribution >= 0.6 is 11.6 Å². The number of ether oxygens (including phenoxy) is 1. The maximum atomic E-state index is 6.26. The fourth-order valence-corrected chi connectivity index (χ4v) is 3.34. The van der Waals surface area contributed by atoms with E-state index in [1.54, 1.807) is 0 Å². The molecule has 1 aliphatic heterocycles. The van der Waals surface area contributed by atoms with Crippen molar-refractivity contribution in [2.75, 3.05) is 37.8 Å². The number of nitrogens with zero attached hydrogens (tertiary/aromatic N) is 2. The van der Waals surface area contributed by atoms with Crippen molar-refractivity contribution in [2.45, 2.75) is 38.9 Å². The zero-order valence-electron chi connectivity index (χ0n) is 15.4. The van der Waals surface area contributed by atoms with Gasteiger partial charge in [-0.05, 0) is 36.3 Å². The summed E-state index contributed by atoms with van der Waals surface area (Å²) in [7, 11) is -1.71. The summed E-state index contributed by atoms with van der Waals surface area (Å²) in [6, 6.07) is 3.80. The highest BCUT2D eigenvalue weighted by Gasteiger charge is 2.36. The van der Waals surface area contributed by atoms with Gasteiger partial charge in [-0.25, -0.2) is 4.98 Å². The molecule has 0 unspecified atom stereocenters. The average molecular weight is 369 g/mol. The Balaban J connectivity index is 2.00. The van der Waals surface area contributed by atoms with E-state index in [-0.39, 0.29) is 5.04 Å². The number of rotatable bonds is 5. The lowest BCUT2D eigenvalue weighted by Gasteiger charge is -2.35. The van der Waals surface area contributed by atoms with Crippen molar-refractivity contribution in [3.05, 3.63) is 28.9 Å². The second-order valence-corrected chi connectivity index (χ2v) is 12.9. The van der Waals surface area contributed by atoms with Gasteiger partial charge in [-0.2, -0.15) is 0 Å². The molecule has 0 bridgehead atoms. The van der Waals surface area contributed by atoms with Crippen molar-refractivity contribution in [2.24, 2.45) is 0 Å². The van der Waals surface area contributed by atoms with E-state index in [9.17, 15) is 0 Å². The van der Waals surface area contributed by atoms with Crippen molar-refractivity contribution < 1.29 is 9.16 Å². The molecule has 2 heterocycles. The van der Waals surface area contributed by atoms with Crippen LogP contribution in [0.15, 0.2) is 18.2 Å². The van der Waals surface area contributed by atoms with E-state index in [0.717, 1.165) is 37.8 Å². The van der Waals surface area contributed by atoms with Gasteiger partial charge in [0.15, 0.2) is 8.32 Å². The molecular formula is C18H29ClN2O2Si. The van der Waals surface area contributed by atoms with E-state index < -0.39 is 8.32 Å². The van der Waals surface area contributed by atoms with Crippen molar-refractivity contribution in [3.8, 4) is 0 Å². The first-order valence-electron chi connectivity index (χ1n) is 8.50. The summed E-state index contributed by atoms with van der Waals surface area (Å²) in [5.41, 5.74) is 0.864. The Morgan fingerprint density at radius 1 is 1.29 bits per heavy atom. The Morgan fingerprint density at radius 3 is 2.58 bits per heavy atom. The minimum absolute atomic E-state index is 0.221. The Hall–Kier alpha value is -0.883. The van der Waals surface area contributed by atoms with Gasteiger partial charge >= 0.3 is 0 Å². The second-order valence-electron chi connectivity index (χ2n) is 7.64. The molecule has 0 N–H and O–H groups in total. The largest absolute Gasteiger partial charge is 0.413 e. The van der Waals surface area contributed by atoms with E-state index >= 15 is 0 Å². The molecule has 0 atom stereocenters. The van der Waals surface area contributed by atoms with Crippen LogP contribution in [0.5, 0.6) is 0 Å². The number of anilines is 1. The lowest BCUT2D eigenvalue weighted by Crippen LogP contribution is -2.40. The third-order valence-electron chi connectivity index (χ3n) is 4.77. The van der Waals surface area contributed by atoms with Gasteiger partial charge in [0.1, 0.15) is 5.82 Å². The highest BCUT2D eigenvalue weighted by Crippen LogP contribution is 2.36. The van der Waals surface area contributed by atoms with Crippen molar-refractivity contribution in [1.29, 1.82) is 0 Å². The van der Waals surface area contributed by atoms with E-state index in [4.69, 9.17) is 25.7 Å². The van der Waals surface area contributed by atoms with E-state index in [0.29, 0.717) is 11.6 Å². The molecule has 0 aromatic carbocycles. The second kappa shape index (κ2) is 8.00. The van der Waals surface area contributed by atoms with Crippen LogP contribution in [0, 0.1) is 0 Å². The van der Waals surface area contributed by atoms with Crippen LogP contribution < -0.4 is 4.90 Å². The van der Waals surface area contributed by atoms with Crippen LogP contribution in [0.4, 0.5) is 5.82 Å². The molecule has 4 nitrogen and oxygen atoms in total. The summed E-state index contributed by atoms with van der Waals surface area (Å²) in [6.07, 6.45) is 4.02. The molecule has 0 saturated carbocycles. The molecule has 0 radical (unpaired) electrons. The van der Waals surface area contributed by atoms with Gasteiger partial charge in [-0.15, -0.1) is 0 Å². The first-order valence-corrected chi connectivity index (χ1v) is 11.8. The van der Waals surface area contributed by atoms with Gasteiger partial charge in [0.25, 0.3) is 0 Å². The molecule has 1 aromatic rings. The average Bonchev–Trinajstić information content (AvgIpc) is 2.51. The maximum absolute atomic E-state index is 6.26. The van der Waals surface area contributed by atoms with Crippen LogP contribution in [0.1, 0.15) is 26.5 Å².